The predicted octanol–water partition coefficient (Wildman–Crippen LogP) is 4.98. The molecule has 1 unspecified atom stereocenters. The third-order valence-electron chi connectivity index (χ3n) is 6.92. The number of ether oxygens (including phenoxy) is 2. The number of nitriles is 1. The van der Waals surface area contributed by atoms with Crippen molar-refractivity contribution in [3.63, 3.8) is 0 Å². The van der Waals surface area contributed by atoms with Gasteiger partial charge in [-0.05, 0) is 48.6 Å². The van der Waals surface area contributed by atoms with Gasteiger partial charge < -0.3 is 15.3 Å². The van der Waals surface area contributed by atoms with Crippen LogP contribution in [0.4, 0.5) is 0 Å². The molecule has 0 amide bonds. The zero-order valence-electron chi connectivity index (χ0n) is 20.4. The molecule has 5 rings (SSSR count). The number of thiophene rings is 1. The first-order valence-corrected chi connectivity index (χ1v) is 12.9. The molecule has 2 aromatic heterocycles. The molecule has 1 aliphatic carbocycles. The first-order valence-electron chi connectivity index (χ1n) is 12.1. The van der Waals surface area contributed by atoms with Crippen molar-refractivity contribution in [1.29, 1.82) is 5.26 Å². The van der Waals surface area contributed by atoms with Gasteiger partial charge in [0.25, 0.3) is 5.56 Å². The van der Waals surface area contributed by atoms with E-state index in [4.69, 9.17) is 20.3 Å². The second kappa shape index (κ2) is 9.67. The molecule has 0 fully saturated rings. The number of benzene rings is 2. The van der Waals surface area contributed by atoms with Crippen LogP contribution in [0.1, 0.15) is 42.2 Å². The third-order valence-corrected chi connectivity index (χ3v) is 8.05. The Morgan fingerprint density at radius 3 is 2.75 bits per heavy atom. The molecule has 0 spiro atoms. The van der Waals surface area contributed by atoms with Crippen LogP contribution in [-0.4, -0.2) is 23.4 Å². The molecule has 2 heterocycles. The number of hydrogen-bond donors (Lipinski definition) is 1. The highest BCUT2D eigenvalue weighted by atomic mass is 32.1. The van der Waals surface area contributed by atoms with Crippen molar-refractivity contribution in [1.82, 2.24) is 9.66 Å². The van der Waals surface area contributed by atoms with Gasteiger partial charge in [0.1, 0.15) is 4.83 Å². The lowest BCUT2D eigenvalue weighted by Crippen LogP contribution is -2.33. The van der Waals surface area contributed by atoms with Crippen LogP contribution in [-0.2, 0) is 18.3 Å². The van der Waals surface area contributed by atoms with E-state index < -0.39 is 5.41 Å². The Balaban J connectivity index is 1.56. The van der Waals surface area contributed by atoms with Gasteiger partial charge in [-0.1, -0.05) is 43.7 Å². The molecular weight excluding hydrogens is 472 g/mol. The minimum atomic E-state index is -0.610. The van der Waals surface area contributed by atoms with Gasteiger partial charge in [0.05, 0.1) is 30.6 Å². The fraction of sp³-hybridized carbons (Fsp3) is 0.321. The molecule has 1 atom stereocenters. The van der Waals surface area contributed by atoms with Crippen molar-refractivity contribution in [2.45, 2.75) is 44.4 Å². The van der Waals surface area contributed by atoms with E-state index in [9.17, 15) is 10.1 Å². The first kappa shape index (κ1) is 23.9. The number of unbranched alkanes of at least 4 members (excludes halogenated alkanes) is 1. The van der Waals surface area contributed by atoms with Gasteiger partial charge in [-0.25, -0.2) is 9.66 Å². The Bertz CT molecular complexity index is 1520. The fourth-order valence-electron chi connectivity index (χ4n) is 4.89. The Morgan fingerprint density at radius 1 is 1.22 bits per heavy atom. The molecule has 0 saturated heterocycles. The normalized spacial score (nSPS) is 16.9. The van der Waals surface area contributed by atoms with Gasteiger partial charge in [-0.2, -0.15) is 5.26 Å². The summed E-state index contributed by atoms with van der Waals surface area (Å²) in [5, 5.41) is 10.7. The lowest BCUT2D eigenvalue weighted by atomic mass is 9.70. The van der Waals surface area contributed by atoms with E-state index in [1.165, 1.54) is 11.3 Å². The molecule has 0 aliphatic heterocycles. The van der Waals surface area contributed by atoms with Crippen LogP contribution < -0.4 is 20.9 Å². The molecule has 2 aromatic carbocycles. The van der Waals surface area contributed by atoms with Crippen LogP contribution in [0.5, 0.6) is 11.5 Å². The molecule has 1 aliphatic rings. The van der Waals surface area contributed by atoms with Gasteiger partial charge in [0.15, 0.2) is 17.3 Å². The minimum Gasteiger partial charge on any atom is -0.493 e. The highest BCUT2D eigenvalue weighted by molar-refractivity contribution is 7.18. The SMILES string of the molecule is CCCCOc1ccc(-c2nc3sc4c(c3c(=O)n2N)CCC(C#N)(c2ccccc2)C4)cc1OC. The van der Waals surface area contributed by atoms with E-state index in [2.05, 4.69) is 13.0 Å². The fourth-order valence-corrected chi connectivity index (χ4v) is 6.22. The van der Waals surface area contributed by atoms with Crippen molar-refractivity contribution in [3.05, 3.63) is 74.9 Å². The van der Waals surface area contributed by atoms with Gasteiger partial charge in [-0.3, -0.25) is 4.79 Å². The van der Waals surface area contributed by atoms with E-state index in [0.717, 1.165) is 33.5 Å². The Morgan fingerprint density at radius 2 is 2.03 bits per heavy atom. The zero-order chi connectivity index (χ0) is 25.3. The summed E-state index contributed by atoms with van der Waals surface area (Å²) in [5.41, 5.74) is 1.75. The summed E-state index contributed by atoms with van der Waals surface area (Å²) in [5.74, 6) is 7.85. The first-order chi connectivity index (χ1) is 17.5. The summed E-state index contributed by atoms with van der Waals surface area (Å²) in [4.78, 5) is 19.9. The van der Waals surface area contributed by atoms with Gasteiger partial charge in [0, 0.05) is 16.9 Å². The second-order valence-electron chi connectivity index (χ2n) is 9.10. The topological polar surface area (TPSA) is 103 Å². The second-order valence-corrected chi connectivity index (χ2v) is 10.2. The van der Waals surface area contributed by atoms with Crippen LogP contribution >= 0.6 is 11.3 Å². The van der Waals surface area contributed by atoms with Gasteiger partial charge in [-0.15, -0.1) is 11.3 Å². The molecule has 0 saturated carbocycles. The lowest BCUT2D eigenvalue weighted by molar-refractivity contribution is 0.288. The largest absolute Gasteiger partial charge is 0.493 e. The van der Waals surface area contributed by atoms with E-state index in [-0.39, 0.29) is 5.56 Å². The Labute approximate surface area is 213 Å². The maximum absolute atomic E-state index is 13.4. The number of aryl methyl sites for hydroxylation is 1. The van der Waals surface area contributed by atoms with Crippen molar-refractivity contribution < 1.29 is 9.47 Å². The van der Waals surface area contributed by atoms with Crippen molar-refractivity contribution in [2.75, 3.05) is 19.6 Å². The highest BCUT2D eigenvalue weighted by Gasteiger charge is 2.39. The highest BCUT2D eigenvalue weighted by Crippen LogP contribution is 2.43. The summed E-state index contributed by atoms with van der Waals surface area (Å²) >= 11 is 1.48. The number of nitrogen functional groups attached to an aromatic ring is 1. The van der Waals surface area contributed by atoms with Gasteiger partial charge in [0.2, 0.25) is 0 Å². The monoisotopic (exact) mass is 500 g/mol. The molecule has 184 valence electrons. The maximum atomic E-state index is 13.4. The molecular formula is C28H28N4O3S. The van der Waals surface area contributed by atoms with E-state index >= 15 is 0 Å². The molecule has 8 heteroatoms. The van der Waals surface area contributed by atoms with E-state index in [1.54, 1.807) is 13.2 Å². The maximum Gasteiger partial charge on any atom is 0.281 e. The molecule has 0 bridgehead atoms. The van der Waals surface area contributed by atoms with E-state index in [1.807, 2.05) is 42.5 Å². The number of methoxy groups -OCH3 is 1. The summed E-state index contributed by atoms with van der Waals surface area (Å²) in [6.07, 6.45) is 3.82. The number of fused-ring (bicyclic) bond motifs is 3. The van der Waals surface area contributed by atoms with Crippen molar-refractivity contribution >= 4 is 21.6 Å². The summed E-state index contributed by atoms with van der Waals surface area (Å²) in [6, 6.07) is 17.9. The molecule has 7 nitrogen and oxygen atoms in total. The minimum absolute atomic E-state index is 0.279. The van der Waals surface area contributed by atoms with Crippen LogP contribution in [0.25, 0.3) is 21.6 Å². The van der Waals surface area contributed by atoms with E-state index in [0.29, 0.717) is 59.0 Å². The standard InChI is InChI=1S/C28H28N4O3S/c1-3-4-14-35-21-11-10-18(15-22(21)34-2)25-31-26-24(27(33)32(25)30)20-12-13-28(17-29,16-23(20)36-26)19-8-6-5-7-9-19/h5-11,15H,3-4,12-14,16,30H2,1-2H3. The van der Waals surface area contributed by atoms with Crippen LogP contribution in [0.3, 0.4) is 0 Å². The predicted molar refractivity (Wildman–Crippen MR) is 142 cm³/mol. The molecule has 2 N–H and O–H groups in total. The Hall–Kier alpha value is -3.83. The smallest absolute Gasteiger partial charge is 0.281 e. The average molecular weight is 501 g/mol. The van der Waals surface area contributed by atoms with Crippen molar-refractivity contribution in [3.8, 4) is 29.0 Å². The third kappa shape index (κ3) is 3.99. The van der Waals surface area contributed by atoms with Crippen LogP contribution in [0.15, 0.2) is 53.3 Å². The number of nitrogens with two attached hydrogens (primary N) is 1. The molecule has 0 radical (unpaired) electrons. The number of hydrogen-bond acceptors (Lipinski definition) is 7. The summed E-state index contributed by atoms with van der Waals surface area (Å²) in [7, 11) is 1.58. The average Bonchev–Trinajstić information content (AvgIpc) is 3.28. The molecule has 36 heavy (non-hydrogen) atoms. The number of aromatic nitrogens is 2. The van der Waals surface area contributed by atoms with Crippen LogP contribution in [0.2, 0.25) is 0 Å². The zero-order valence-corrected chi connectivity index (χ0v) is 21.2. The number of nitrogens with zero attached hydrogens (tertiary/aromatic N) is 3. The lowest BCUT2D eigenvalue weighted by Gasteiger charge is -2.31. The quantitative estimate of drug-likeness (QED) is 0.284. The van der Waals surface area contributed by atoms with Crippen molar-refractivity contribution in [2.24, 2.45) is 0 Å². The Kier molecular flexibility index (Phi) is 6.42. The molecule has 4 aromatic rings. The van der Waals surface area contributed by atoms with Gasteiger partial charge >= 0.3 is 0 Å². The number of rotatable bonds is 7. The summed E-state index contributed by atoms with van der Waals surface area (Å²) < 4.78 is 12.5. The van der Waals surface area contributed by atoms with Crippen LogP contribution in [0, 0.1) is 11.3 Å². The summed E-state index contributed by atoms with van der Waals surface area (Å²) in [6.45, 7) is 2.71.